The summed E-state index contributed by atoms with van der Waals surface area (Å²) in [6.07, 6.45) is 0. The summed E-state index contributed by atoms with van der Waals surface area (Å²) in [6, 6.07) is 73.1. The van der Waals surface area contributed by atoms with E-state index in [9.17, 15) is 10.1 Å². The molecule has 0 saturated heterocycles. The molecule has 13 rings (SSSR count). The van der Waals surface area contributed by atoms with Crippen molar-refractivity contribution < 1.29 is 4.92 Å². The van der Waals surface area contributed by atoms with E-state index in [1.165, 1.54) is 65.5 Å². The molecule has 0 fully saturated rings. The minimum Gasteiger partial charge on any atom is -0.354 e. The Morgan fingerprint density at radius 1 is 0.387 bits per heavy atom. The molecule has 6 nitrogen and oxygen atoms in total. The van der Waals surface area contributed by atoms with E-state index in [-0.39, 0.29) is 10.6 Å². The molecule has 1 N–H and O–H groups in total. The van der Waals surface area contributed by atoms with Gasteiger partial charge in [-0.25, -0.2) is 0 Å². The molecule has 13 aromatic rings. The lowest BCUT2D eigenvalue weighted by Gasteiger charge is -2.13. The Morgan fingerprint density at radius 2 is 0.887 bits per heavy atom. The lowest BCUT2D eigenvalue weighted by Crippen LogP contribution is -1.97. The number of H-pyrrole nitrogens is 1. The van der Waals surface area contributed by atoms with Crippen LogP contribution in [0.25, 0.3) is 109 Å². The Bertz CT molecular complexity index is 3930. The van der Waals surface area contributed by atoms with Crippen molar-refractivity contribution in [2.45, 2.75) is 0 Å². The van der Waals surface area contributed by atoms with E-state index in [0.29, 0.717) is 5.56 Å². The van der Waals surface area contributed by atoms with E-state index in [4.69, 9.17) is 0 Å². The number of fused-ring (bicyclic) bond motifs is 12. The molecule has 0 atom stereocenters. The van der Waals surface area contributed by atoms with E-state index in [0.717, 1.165) is 38.4 Å². The van der Waals surface area contributed by atoms with Gasteiger partial charge < -0.3 is 14.1 Å². The van der Waals surface area contributed by atoms with Crippen LogP contribution in [0.15, 0.2) is 212 Å². The van der Waals surface area contributed by atoms with Gasteiger partial charge >= 0.3 is 0 Å². The number of para-hydroxylation sites is 5. The number of rotatable bonds is 4. The monoisotopic (exact) mass is 796 g/mol. The van der Waals surface area contributed by atoms with Crippen LogP contribution in [0, 0.1) is 10.1 Å². The number of nitrogens with zero attached hydrogens (tertiary/aromatic N) is 3. The van der Waals surface area contributed by atoms with E-state index in [1.807, 2.05) is 48.5 Å². The van der Waals surface area contributed by atoms with Crippen LogP contribution in [-0.2, 0) is 0 Å². The van der Waals surface area contributed by atoms with Gasteiger partial charge in [0.15, 0.2) is 0 Å². The average molecular weight is 797 g/mol. The molecule has 0 bridgehead atoms. The molecule has 292 valence electrons. The van der Waals surface area contributed by atoms with Gasteiger partial charge in [0.2, 0.25) is 0 Å². The fourth-order valence-corrected chi connectivity index (χ4v) is 9.65. The highest BCUT2D eigenvalue weighted by Crippen LogP contribution is 2.42. The summed E-state index contributed by atoms with van der Waals surface area (Å²) in [6.45, 7) is 0. The van der Waals surface area contributed by atoms with Gasteiger partial charge in [0, 0.05) is 66.4 Å². The minimum atomic E-state index is -0.308. The van der Waals surface area contributed by atoms with Gasteiger partial charge in [-0.05, 0) is 76.1 Å². The maximum absolute atomic E-state index is 11.8. The van der Waals surface area contributed by atoms with Crippen molar-refractivity contribution in [2.24, 2.45) is 0 Å². The molecule has 3 aromatic heterocycles. The number of hydrogen-bond donors (Lipinski definition) is 1. The summed E-state index contributed by atoms with van der Waals surface area (Å²) in [5.41, 5.74) is 10.7. The van der Waals surface area contributed by atoms with E-state index < -0.39 is 0 Å². The quantitative estimate of drug-likeness (QED) is 0.142. The molecule has 0 amide bonds. The second kappa shape index (κ2) is 14.1. The maximum Gasteiger partial charge on any atom is 0.277 e. The van der Waals surface area contributed by atoms with Gasteiger partial charge in [-0.15, -0.1) is 0 Å². The number of benzene rings is 10. The first-order chi connectivity index (χ1) is 30.6. The Balaban J connectivity index is 0.000000132. The zero-order chi connectivity index (χ0) is 41.3. The highest BCUT2D eigenvalue weighted by molar-refractivity contribution is 6.25. The molecular weight excluding hydrogens is 761 g/mol. The molecular formula is C56H36N4O2. The van der Waals surface area contributed by atoms with Crippen molar-refractivity contribution in [3.05, 3.63) is 222 Å². The number of aromatic amines is 1. The van der Waals surface area contributed by atoms with Crippen LogP contribution in [0.4, 0.5) is 5.69 Å². The van der Waals surface area contributed by atoms with Crippen LogP contribution in [0.1, 0.15) is 0 Å². The first kappa shape index (κ1) is 35.5. The summed E-state index contributed by atoms with van der Waals surface area (Å²) in [5, 5.41) is 24.0. The van der Waals surface area contributed by atoms with Crippen LogP contribution >= 0.6 is 0 Å². The molecule has 0 aliphatic rings. The van der Waals surface area contributed by atoms with Crippen molar-refractivity contribution in [1.82, 2.24) is 14.1 Å². The zero-order valence-electron chi connectivity index (χ0n) is 33.4. The summed E-state index contributed by atoms with van der Waals surface area (Å²) >= 11 is 0. The fraction of sp³-hybridized carbons (Fsp3) is 0. The smallest absolute Gasteiger partial charge is 0.277 e. The number of nitro groups is 1. The molecule has 0 aliphatic heterocycles. The molecule has 0 radical (unpaired) electrons. The van der Waals surface area contributed by atoms with Crippen LogP contribution < -0.4 is 0 Å². The highest BCUT2D eigenvalue weighted by atomic mass is 16.6. The predicted molar refractivity (Wildman–Crippen MR) is 258 cm³/mol. The molecule has 10 aromatic carbocycles. The third-order valence-electron chi connectivity index (χ3n) is 12.4. The van der Waals surface area contributed by atoms with E-state index >= 15 is 0 Å². The molecule has 6 heteroatoms. The van der Waals surface area contributed by atoms with Gasteiger partial charge in [-0.3, -0.25) is 10.1 Å². The topological polar surface area (TPSA) is 68.8 Å². The first-order valence-corrected chi connectivity index (χ1v) is 20.8. The molecule has 3 heterocycles. The minimum absolute atomic E-state index is 0.107. The van der Waals surface area contributed by atoms with E-state index in [1.54, 1.807) is 12.1 Å². The van der Waals surface area contributed by atoms with Crippen molar-refractivity contribution in [2.75, 3.05) is 0 Å². The molecule has 0 spiro atoms. The number of nitro benzene ring substituents is 1. The van der Waals surface area contributed by atoms with Crippen LogP contribution in [0.3, 0.4) is 0 Å². The summed E-state index contributed by atoms with van der Waals surface area (Å²) in [4.78, 5) is 15.1. The summed E-state index contributed by atoms with van der Waals surface area (Å²) in [7, 11) is 0. The zero-order valence-corrected chi connectivity index (χ0v) is 33.4. The fourth-order valence-electron chi connectivity index (χ4n) is 9.65. The molecule has 0 aliphatic carbocycles. The van der Waals surface area contributed by atoms with Crippen molar-refractivity contribution in [3.8, 4) is 22.5 Å². The van der Waals surface area contributed by atoms with Crippen LogP contribution in [0.5, 0.6) is 0 Å². The van der Waals surface area contributed by atoms with Crippen LogP contribution in [-0.4, -0.2) is 19.0 Å². The lowest BCUT2D eigenvalue weighted by molar-refractivity contribution is -0.384. The van der Waals surface area contributed by atoms with Gasteiger partial charge in [0.05, 0.1) is 32.6 Å². The van der Waals surface area contributed by atoms with Gasteiger partial charge in [0.25, 0.3) is 5.69 Å². The van der Waals surface area contributed by atoms with Gasteiger partial charge in [-0.2, -0.15) is 0 Å². The van der Waals surface area contributed by atoms with Gasteiger partial charge in [-0.1, -0.05) is 152 Å². The Hall–Kier alpha value is -8.48. The largest absolute Gasteiger partial charge is 0.354 e. The van der Waals surface area contributed by atoms with Crippen LogP contribution in [0.2, 0.25) is 0 Å². The third kappa shape index (κ3) is 5.51. The summed E-state index contributed by atoms with van der Waals surface area (Å²) in [5.74, 6) is 0. The molecule has 0 saturated carbocycles. The maximum atomic E-state index is 11.8. The Kier molecular flexibility index (Phi) is 8.05. The first-order valence-electron chi connectivity index (χ1n) is 20.8. The van der Waals surface area contributed by atoms with Crippen molar-refractivity contribution in [1.29, 1.82) is 0 Å². The molecule has 62 heavy (non-hydrogen) atoms. The Morgan fingerprint density at radius 3 is 1.55 bits per heavy atom. The van der Waals surface area contributed by atoms with Gasteiger partial charge in [0.1, 0.15) is 0 Å². The average Bonchev–Trinajstić information content (AvgIpc) is 3.99. The number of aromatic nitrogens is 3. The predicted octanol–water partition coefficient (Wildman–Crippen LogP) is 15.1. The van der Waals surface area contributed by atoms with Crippen molar-refractivity contribution in [3.63, 3.8) is 0 Å². The summed E-state index contributed by atoms with van der Waals surface area (Å²) < 4.78 is 4.66. The normalized spacial score (nSPS) is 11.7. The second-order valence-electron chi connectivity index (χ2n) is 15.8. The van der Waals surface area contributed by atoms with E-state index in [2.05, 4.69) is 166 Å². The standard InChI is InChI=1S/C28H18N2O2.C28H18N2/c31-30(32)27-15-6-4-11-23(27)25-13-7-12-24-22-10-3-5-14-26(22)29(28(24)25)21-17-16-19-8-1-2-9-20(19)18-21;1-2-8-19-17-20(14-13-18(19)7-1)30-26-12-6-4-9-21(26)22-15-16-25-27(28(22)30)23-10-3-5-11-24(23)29-25/h1-18H;1-17,29H. The van der Waals surface area contributed by atoms with Crippen molar-refractivity contribution >= 4 is 92.6 Å². The lowest BCUT2D eigenvalue weighted by atomic mass is 10.0. The third-order valence-corrected chi connectivity index (χ3v) is 12.4. The second-order valence-corrected chi connectivity index (χ2v) is 15.8. The SMILES string of the molecule is O=[N+]([O-])c1ccccc1-c1cccc2c3ccccc3n(-c3ccc4ccccc4c3)c12.c1ccc2cc(-n3c4ccccc4c4ccc5[nH]c6ccccc6c5c43)ccc2c1. The molecule has 0 unspecified atom stereocenters. The number of nitrogens with one attached hydrogen (secondary N) is 1. The highest BCUT2D eigenvalue weighted by Gasteiger charge is 2.22. The number of hydrogen-bond acceptors (Lipinski definition) is 2. The Labute approximate surface area is 355 Å².